The van der Waals surface area contributed by atoms with Gasteiger partial charge in [-0.05, 0) is 46.9 Å². The fourth-order valence-corrected chi connectivity index (χ4v) is 3.08. The van der Waals surface area contributed by atoms with Gasteiger partial charge in [-0.2, -0.15) is 0 Å². The van der Waals surface area contributed by atoms with Crippen LogP contribution in [0, 0.1) is 9.39 Å². The summed E-state index contributed by atoms with van der Waals surface area (Å²) in [6.45, 7) is 0. The molecule has 1 N–H and O–H groups in total. The van der Waals surface area contributed by atoms with Gasteiger partial charge in [-0.1, -0.05) is 23.7 Å². The van der Waals surface area contributed by atoms with Crippen LogP contribution in [0.5, 0.6) is 0 Å². The number of benzene rings is 2. The topological polar surface area (TPSA) is 32.9 Å². The Morgan fingerprint density at radius 1 is 1.20 bits per heavy atom. The van der Waals surface area contributed by atoms with Gasteiger partial charge >= 0.3 is 0 Å². The largest absolute Gasteiger partial charge is 0.359 e. The van der Waals surface area contributed by atoms with E-state index in [1.807, 2.05) is 28.7 Å². The van der Waals surface area contributed by atoms with E-state index >= 15 is 0 Å². The van der Waals surface area contributed by atoms with E-state index in [9.17, 15) is 9.18 Å². The predicted molar refractivity (Wildman–Crippen MR) is 85.9 cm³/mol. The van der Waals surface area contributed by atoms with Crippen LogP contribution in [0.1, 0.15) is 15.9 Å². The Morgan fingerprint density at radius 3 is 2.75 bits per heavy atom. The van der Waals surface area contributed by atoms with Crippen LogP contribution in [-0.2, 0) is 0 Å². The molecule has 2 aromatic carbocycles. The monoisotopic (exact) mass is 399 g/mol. The minimum Gasteiger partial charge on any atom is -0.359 e. The van der Waals surface area contributed by atoms with Gasteiger partial charge in [0.1, 0.15) is 5.82 Å². The van der Waals surface area contributed by atoms with Gasteiger partial charge in [-0.25, -0.2) is 4.39 Å². The lowest BCUT2D eigenvalue weighted by Crippen LogP contribution is -2.03. The lowest BCUT2D eigenvalue weighted by Gasteiger charge is -2.03. The molecule has 0 bridgehead atoms. The Balaban J connectivity index is 2.16. The first kappa shape index (κ1) is 13.6. The second-order valence-electron chi connectivity index (χ2n) is 4.32. The predicted octanol–water partition coefficient (Wildman–Crippen LogP) is 4.80. The summed E-state index contributed by atoms with van der Waals surface area (Å²) in [5.74, 6) is -0.504. The molecule has 0 saturated carbocycles. The maximum atomic E-state index is 13.1. The Labute approximate surface area is 133 Å². The first-order chi connectivity index (χ1) is 9.58. The fraction of sp³-hybridized carbons (Fsp3) is 0. The SMILES string of the molecule is O=C(c1ccc(F)cc1I)c1c[nH]c2c(Cl)cccc12. The second kappa shape index (κ2) is 5.18. The van der Waals surface area contributed by atoms with E-state index < -0.39 is 0 Å². The molecule has 0 unspecified atom stereocenters. The number of hydrogen-bond donors (Lipinski definition) is 1. The summed E-state index contributed by atoms with van der Waals surface area (Å²) in [7, 11) is 0. The fourth-order valence-electron chi connectivity index (χ4n) is 2.12. The highest BCUT2D eigenvalue weighted by atomic mass is 127. The van der Waals surface area contributed by atoms with E-state index in [0.717, 1.165) is 10.9 Å². The van der Waals surface area contributed by atoms with Crippen LogP contribution in [0.2, 0.25) is 5.02 Å². The van der Waals surface area contributed by atoms with Crippen molar-refractivity contribution in [1.29, 1.82) is 0 Å². The van der Waals surface area contributed by atoms with Gasteiger partial charge in [0.2, 0.25) is 0 Å². The van der Waals surface area contributed by atoms with Crippen LogP contribution in [-0.4, -0.2) is 10.8 Å². The molecule has 0 aliphatic carbocycles. The number of ketones is 1. The lowest BCUT2D eigenvalue weighted by molar-refractivity contribution is 0.103. The molecule has 20 heavy (non-hydrogen) atoms. The molecule has 0 aliphatic heterocycles. The van der Waals surface area contributed by atoms with E-state index in [4.69, 9.17) is 11.6 Å². The number of aromatic amines is 1. The van der Waals surface area contributed by atoms with Crippen molar-refractivity contribution in [3.05, 3.63) is 68.1 Å². The van der Waals surface area contributed by atoms with E-state index in [2.05, 4.69) is 4.98 Å². The molecule has 0 amide bonds. The maximum Gasteiger partial charge on any atom is 0.196 e. The third-order valence-corrected chi connectivity index (χ3v) is 4.29. The highest BCUT2D eigenvalue weighted by Gasteiger charge is 2.17. The summed E-state index contributed by atoms with van der Waals surface area (Å²) in [6, 6.07) is 9.53. The van der Waals surface area contributed by atoms with E-state index in [-0.39, 0.29) is 11.6 Å². The van der Waals surface area contributed by atoms with Gasteiger partial charge in [0.25, 0.3) is 0 Å². The van der Waals surface area contributed by atoms with Crippen LogP contribution < -0.4 is 0 Å². The number of carbonyl (C=O) groups excluding carboxylic acids is 1. The minimum atomic E-state index is -0.354. The van der Waals surface area contributed by atoms with Gasteiger partial charge in [0.15, 0.2) is 5.78 Å². The zero-order chi connectivity index (χ0) is 14.3. The molecule has 0 fully saturated rings. The molecule has 0 radical (unpaired) electrons. The second-order valence-corrected chi connectivity index (χ2v) is 5.89. The molecule has 0 aliphatic rings. The third-order valence-electron chi connectivity index (χ3n) is 3.09. The molecule has 0 saturated heterocycles. The number of rotatable bonds is 2. The van der Waals surface area contributed by atoms with E-state index in [1.165, 1.54) is 18.2 Å². The average Bonchev–Trinajstić information content (AvgIpc) is 2.83. The van der Waals surface area contributed by atoms with Crippen molar-refractivity contribution in [2.45, 2.75) is 0 Å². The molecule has 5 heteroatoms. The third kappa shape index (κ3) is 2.23. The Hall–Kier alpha value is -1.40. The van der Waals surface area contributed by atoms with Gasteiger partial charge in [0.05, 0.1) is 10.5 Å². The molecular formula is C15H8ClFINO. The van der Waals surface area contributed by atoms with Crippen LogP contribution in [0.25, 0.3) is 10.9 Å². The lowest BCUT2D eigenvalue weighted by atomic mass is 10.0. The number of carbonyl (C=O) groups is 1. The number of fused-ring (bicyclic) bond motifs is 1. The molecule has 1 heterocycles. The minimum absolute atomic E-state index is 0.150. The van der Waals surface area contributed by atoms with Gasteiger partial charge < -0.3 is 4.98 Å². The summed E-state index contributed by atoms with van der Waals surface area (Å²) in [6.07, 6.45) is 1.64. The Kier molecular flexibility index (Phi) is 3.52. The maximum absolute atomic E-state index is 13.1. The average molecular weight is 400 g/mol. The molecule has 100 valence electrons. The Bertz CT molecular complexity index is 828. The number of halogens is 3. The summed E-state index contributed by atoms with van der Waals surface area (Å²) >= 11 is 8.04. The number of para-hydroxylation sites is 1. The molecule has 3 aromatic rings. The van der Waals surface area contributed by atoms with Crippen molar-refractivity contribution in [2.24, 2.45) is 0 Å². The van der Waals surface area contributed by atoms with Gasteiger partial charge in [0, 0.05) is 26.3 Å². The van der Waals surface area contributed by atoms with E-state index in [0.29, 0.717) is 19.7 Å². The quantitative estimate of drug-likeness (QED) is 0.487. The highest BCUT2D eigenvalue weighted by Crippen LogP contribution is 2.27. The van der Waals surface area contributed by atoms with Crippen molar-refractivity contribution in [3.8, 4) is 0 Å². The smallest absolute Gasteiger partial charge is 0.196 e. The van der Waals surface area contributed by atoms with Crippen LogP contribution >= 0.6 is 34.2 Å². The van der Waals surface area contributed by atoms with Crippen molar-refractivity contribution in [1.82, 2.24) is 4.98 Å². The number of hydrogen-bond acceptors (Lipinski definition) is 1. The zero-order valence-corrected chi connectivity index (χ0v) is 13.0. The molecule has 1 aromatic heterocycles. The Morgan fingerprint density at radius 2 is 2.00 bits per heavy atom. The van der Waals surface area contributed by atoms with Gasteiger partial charge in [-0.15, -0.1) is 0 Å². The zero-order valence-electron chi connectivity index (χ0n) is 10.1. The van der Waals surface area contributed by atoms with Crippen molar-refractivity contribution >= 4 is 50.9 Å². The summed E-state index contributed by atoms with van der Waals surface area (Å²) < 4.78 is 13.7. The van der Waals surface area contributed by atoms with Crippen molar-refractivity contribution in [2.75, 3.05) is 0 Å². The summed E-state index contributed by atoms with van der Waals surface area (Å²) in [4.78, 5) is 15.6. The molecule has 0 spiro atoms. The molecule has 2 nitrogen and oxygen atoms in total. The number of aromatic nitrogens is 1. The first-order valence-electron chi connectivity index (χ1n) is 5.83. The first-order valence-corrected chi connectivity index (χ1v) is 7.29. The highest BCUT2D eigenvalue weighted by molar-refractivity contribution is 14.1. The summed E-state index contributed by atoms with van der Waals surface area (Å²) in [5.41, 5.74) is 1.74. The normalized spacial score (nSPS) is 10.9. The van der Waals surface area contributed by atoms with Crippen molar-refractivity contribution < 1.29 is 9.18 Å². The van der Waals surface area contributed by atoms with Crippen molar-refractivity contribution in [3.63, 3.8) is 0 Å². The van der Waals surface area contributed by atoms with Crippen LogP contribution in [0.4, 0.5) is 4.39 Å². The van der Waals surface area contributed by atoms with Crippen LogP contribution in [0.15, 0.2) is 42.6 Å². The van der Waals surface area contributed by atoms with E-state index in [1.54, 1.807) is 18.3 Å². The van der Waals surface area contributed by atoms with Gasteiger partial charge in [-0.3, -0.25) is 4.79 Å². The van der Waals surface area contributed by atoms with Crippen LogP contribution in [0.3, 0.4) is 0 Å². The number of nitrogens with one attached hydrogen (secondary N) is 1. The summed E-state index contributed by atoms with van der Waals surface area (Å²) in [5, 5.41) is 1.33. The number of H-pyrrole nitrogens is 1. The standard InChI is InChI=1S/C15H8ClFINO/c16-12-3-1-2-9-11(7-19-14(9)12)15(20)10-5-4-8(17)6-13(10)18/h1-7,19H. The molecule has 0 atom stereocenters. The molecule has 3 rings (SSSR count). The molecular weight excluding hydrogens is 392 g/mol.